The first-order valence-corrected chi connectivity index (χ1v) is 7.09. The third-order valence-corrected chi connectivity index (χ3v) is 4.33. The SMILES string of the molecule is CNC(c1ccc(C)cc1)c1ccc(Br)c(Cl)c1F. The summed E-state index contributed by atoms with van der Waals surface area (Å²) in [6.07, 6.45) is 0. The molecule has 0 bridgehead atoms. The van der Waals surface area contributed by atoms with E-state index < -0.39 is 5.82 Å². The molecule has 0 fully saturated rings. The minimum atomic E-state index is -0.393. The Morgan fingerprint density at radius 2 is 1.79 bits per heavy atom. The number of benzene rings is 2. The van der Waals surface area contributed by atoms with E-state index in [4.69, 9.17) is 11.6 Å². The third kappa shape index (κ3) is 2.99. The van der Waals surface area contributed by atoms with Crippen LogP contribution in [0.15, 0.2) is 40.9 Å². The van der Waals surface area contributed by atoms with Crippen molar-refractivity contribution < 1.29 is 4.39 Å². The summed E-state index contributed by atoms with van der Waals surface area (Å²) in [5.74, 6) is -0.393. The Bertz CT molecular complexity index is 583. The Hall–Kier alpha value is -0.900. The minimum absolute atomic E-state index is 0.116. The lowest BCUT2D eigenvalue weighted by Crippen LogP contribution is -2.19. The van der Waals surface area contributed by atoms with Crippen LogP contribution in [-0.2, 0) is 0 Å². The molecule has 2 aromatic rings. The van der Waals surface area contributed by atoms with Gasteiger partial charge < -0.3 is 5.32 Å². The maximum absolute atomic E-state index is 14.3. The fourth-order valence-corrected chi connectivity index (χ4v) is 2.50. The van der Waals surface area contributed by atoms with Crippen LogP contribution in [0, 0.1) is 12.7 Å². The van der Waals surface area contributed by atoms with E-state index in [-0.39, 0.29) is 11.1 Å². The molecule has 0 aliphatic rings. The summed E-state index contributed by atoms with van der Waals surface area (Å²) < 4.78 is 14.8. The van der Waals surface area contributed by atoms with Crippen LogP contribution < -0.4 is 5.32 Å². The van der Waals surface area contributed by atoms with Gasteiger partial charge in [0.25, 0.3) is 0 Å². The minimum Gasteiger partial charge on any atom is -0.309 e. The molecule has 2 rings (SSSR count). The normalized spacial score (nSPS) is 12.5. The molecule has 0 aromatic heterocycles. The third-order valence-electron chi connectivity index (χ3n) is 3.08. The Kier molecular flexibility index (Phi) is 4.61. The van der Waals surface area contributed by atoms with Gasteiger partial charge in [-0.05, 0) is 41.5 Å². The van der Waals surface area contributed by atoms with Crippen molar-refractivity contribution in [2.75, 3.05) is 7.05 Å². The van der Waals surface area contributed by atoms with Gasteiger partial charge in [0.2, 0.25) is 0 Å². The quantitative estimate of drug-likeness (QED) is 0.786. The molecule has 1 nitrogen and oxygen atoms in total. The molecular formula is C15H14BrClFN. The molecule has 1 atom stereocenters. The lowest BCUT2D eigenvalue weighted by atomic mass is 9.97. The zero-order valence-electron chi connectivity index (χ0n) is 10.7. The van der Waals surface area contributed by atoms with Crippen molar-refractivity contribution in [1.29, 1.82) is 0 Å². The molecule has 0 radical (unpaired) electrons. The Balaban J connectivity index is 2.48. The van der Waals surface area contributed by atoms with Crippen molar-refractivity contribution in [3.8, 4) is 0 Å². The number of aryl methyl sites for hydroxylation is 1. The van der Waals surface area contributed by atoms with Gasteiger partial charge in [-0.3, -0.25) is 0 Å². The molecule has 0 saturated heterocycles. The molecule has 19 heavy (non-hydrogen) atoms. The van der Waals surface area contributed by atoms with E-state index in [0.717, 1.165) is 5.56 Å². The Labute approximate surface area is 125 Å². The van der Waals surface area contributed by atoms with E-state index in [2.05, 4.69) is 21.2 Å². The van der Waals surface area contributed by atoms with Crippen LogP contribution in [0.1, 0.15) is 22.7 Å². The average molecular weight is 343 g/mol. The summed E-state index contributed by atoms with van der Waals surface area (Å²) in [7, 11) is 1.81. The van der Waals surface area contributed by atoms with Crippen LogP contribution in [-0.4, -0.2) is 7.05 Å². The van der Waals surface area contributed by atoms with E-state index in [1.807, 2.05) is 31.2 Å². The highest BCUT2D eigenvalue weighted by molar-refractivity contribution is 9.10. The van der Waals surface area contributed by atoms with Gasteiger partial charge in [0.1, 0.15) is 5.82 Å². The van der Waals surface area contributed by atoms with Crippen molar-refractivity contribution in [3.63, 3.8) is 0 Å². The molecule has 0 saturated carbocycles. The van der Waals surface area contributed by atoms with Gasteiger partial charge in [-0.25, -0.2) is 4.39 Å². The molecule has 1 unspecified atom stereocenters. The number of halogens is 3. The molecule has 0 heterocycles. The van der Waals surface area contributed by atoms with Gasteiger partial charge in [-0.2, -0.15) is 0 Å². The largest absolute Gasteiger partial charge is 0.309 e. The zero-order valence-corrected chi connectivity index (χ0v) is 13.0. The predicted molar refractivity (Wildman–Crippen MR) is 81.2 cm³/mol. The van der Waals surface area contributed by atoms with Gasteiger partial charge in [0.05, 0.1) is 11.1 Å². The maximum atomic E-state index is 14.3. The summed E-state index contributed by atoms with van der Waals surface area (Å²) in [6, 6.07) is 11.3. The summed E-state index contributed by atoms with van der Waals surface area (Å²) in [6.45, 7) is 2.02. The summed E-state index contributed by atoms with van der Waals surface area (Å²) in [5.41, 5.74) is 2.72. The summed E-state index contributed by atoms with van der Waals surface area (Å²) in [5, 5.41) is 3.24. The maximum Gasteiger partial charge on any atom is 0.148 e. The van der Waals surface area contributed by atoms with E-state index >= 15 is 0 Å². The first-order valence-electron chi connectivity index (χ1n) is 5.92. The summed E-state index contributed by atoms with van der Waals surface area (Å²) in [4.78, 5) is 0. The Morgan fingerprint density at radius 1 is 1.16 bits per heavy atom. The zero-order chi connectivity index (χ0) is 14.0. The molecule has 0 aliphatic carbocycles. The van der Waals surface area contributed by atoms with Crippen molar-refractivity contribution >= 4 is 27.5 Å². The first-order chi connectivity index (χ1) is 9.04. The van der Waals surface area contributed by atoms with E-state index in [1.54, 1.807) is 19.2 Å². The lowest BCUT2D eigenvalue weighted by molar-refractivity contribution is 0.576. The molecule has 100 valence electrons. The van der Waals surface area contributed by atoms with E-state index in [0.29, 0.717) is 10.0 Å². The molecule has 0 aliphatic heterocycles. The molecule has 4 heteroatoms. The Morgan fingerprint density at radius 3 is 2.37 bits per heavy atom. The number of hydrogen-bond acceptors (Lipinski definition) is 1. The van der Waals surface area contributed by atoms with Gasteiger partial charge >= 0.3 is 0 Å². The van der Waals surface area contributed by atoms with Gasteiger partial charge in [-0.1, -0.05) is 47.5 Å². The molecule has 2 aromatic carbocycles. The van der Waals surface area contributed by atoms with Crippen molar-refractivity contribution in [2.45, 2.75) is 13.0 Å². The first kappa shape index (κ1) is 14.5. The summed E-state index contributed by atoms with van der Waals surface area (Å²) >= 11 is 9.17. The van der Waals surface area contributed by atoms with Crippen LogP contribution in [0.3, 0.4) is 0 Å². The average Bonchev–Trinajstić information content (AvgIpc) is 2.41. The van der Waals surface area contributed by atoms with E-state index in [9.17, 15) is 4.39 Å². The highest BCUT2D eigenvalue weighted by Gasteiger charge is 2.19. The van der Waals surface area contributed by atoms with Crippen LogP contribution in [0.4, 0.5) is 4.39 Å². The van der Waals surface area contributed by atoms with Crippen LogP contribution >= 0.6 is 27.5 Å². The highest BCUT2D eigenvalue weighted by atomic mass is 79.9. The van der Waals surface area contributed by atoms with Crippen LogP contribution in [0.2, 0.25) is 5.02 Å². The number of nitrogens with one attached hydrogen (secondary N) is 1. The molecule has 1 N–H and O–H groups in total. The molecule has 0 amide bonds. The number of rotatable bonds is 3. The molecular weight excluding hydrogens is 329 g/mol. The second-order valence-corrected chi connectivity index (χ2v) is 5.63. The second kappa shape index (κ2) is 6.04. The fraction of sp³-hybridized carbons (Fsp3) is 0.200. The van der Waals surface area contributed by atoms with Gasteiger partial charge in [-0.15, -0.1) is 0 Å². The highest BCUT2D eigenvalue weighted by Crippen LogP contribution is 2.32. The topological polar surface area (TPSA) is 12.0 Å². The van der Waals surface area contributed by atoms with Crippen molar-refractivity contribution in [3.05, 3.63) is 68.4 Å². The van der Waals surface area contributed by atoms with Gasteiger partial charge in [0.15, 0.2) is 0 Å². The van der Waals surface area contributed by atoms with Crippen molar-refractivity contribution in [2.24, 2.45) is 0 Å². The van der Waals surface area contributed by atoms with Gasteiger partial charge in [0, 0.05) is 10.0 Å². The second-order valence-electron chi connectivity index (χ2n) is 4.40. The van der Waals surface area contributed by atoms with Crippen LogP contribution in [0.25, 0.3) is 0 Å². The smallest absolute Gasteiger partial charge is 0.148 e. The van der Waals surface area contributed by atoms with Crippen molar-refractivity contribution in [1.82, 2.24) is 5.32 Å². The molecule has 0 spiro atoms. The standard InChI is InChI=1S/C15H14BrClFN/c1-9-3-5-10(6-4-9)15(19-2)11-7-8-12(16)13(17)14(11)18/h3-8,15,19H,1-2H3. The number of hydrogen-bond donors (Lipinski definition) is 1. The van der Waals surface area contributed by atoms with Crippen LogP contribution in [0.5, 0.6) is 0 Å². The fourth-order valence-electron chi connectivity index (χ4n) is 2.02. The lowest BCUT2D eigenvalue weighted by Gasteiger charge is -2.19. The predicted octanol–water partition coefficient (Wildman–Crippen LogP) is 4.86. The van der Waals surface area contributed by atoms with E-state index in [1.165, 1.54) is 5.56 Å². The monoisotopic (exact) mass is 341 g/mol.